The highest BCUT2D eigenvalue weighted by atomic mass is 79.9. The minimum atomic E-state index is -1.16. The van der Waals surface area contributed by atoms with Gasteiger partial charge >= 0.3 is 0 Å². The number of aliphatic imine (C=N–C) groups is 1. The molecule has 6 nitrogen and oxygen atoms in total. The van der Waals surface area contributed by atoms with Gasteiger partial charge in [-0.15, -0.1) is 0 Å². The Morgan fingerprint density at radius 2 is 1.73 bits per heavy atom. The van der Waals surface area contributed by atoms with Crippen LogP contribution < -0.4 is 0 Å². The van der Waals surface area contributed by atoms with E-state index in [1.54, 1.807) is 13.0 Å². The molecule has 0 heterocycles. The van der Waals surface area contributed by atoms with E-state index < -0.39 is 18.4 Å². The van der Waals surface area contributed by atoms with E-state index in [1.165, 1.54) is 24.3 Å². The number of ketones is 1. The molecule has 0 saturated heterocycles. The summed E-state index contributed by atoms with van der Waals surface area (Å²) in [5, 5.41) is 10.7. The molecule has 1 aliphatic rings. The predicted octanol–water partition coefficient (Wildman–Crippen LogP) is 4.98. The zero-order valence-corrected chi connectivity index (χ0v) is 18.9. The van der Waals surface area contributed by atoms with E-state index in [0.717, 1.165) is 0 Å². The molecule has 1 aromatic carbocycles. The van der Waals surface area contributed by atoms with Gasteiger partial charge in [0.25, 0.3) is 11.6 Å². The van der Waals surface area contributed by atoms with Gasteiger partial charge in [0.2, 0.25) is 0 Å². The summed E-state index contributed by atoms with van der Waals surface area (Å²) in [6.07, 6.45) is 1.62. The monoisotopic (exact) mass is 548 g/mol. The highest BCUT2D eigenvalue weighted by Gasteiger charge is 2.55. The van der Waals surface area contributed by atoms with E-state index in [-0.39, 0.29) is 23.0 Å². The molecule has 1 amide bonds. The highest BCUT2D eigenvalue weighted by Crippen LogP contribution is 2.50. The fraction of sp³-hybridized carbons (Fsp3) is 0.353. The van der Waals surface area contributed by atoms with E-state index in [2.05, 4.69) is 52.8 Å². The number of halogens is 3. The number of carbonyl (C=O) groups is 2. The lowest BCUT2D eigenvalue weighted by Gasteiger charge is -2.40. The molecule has 1 unspecified atom stereocenters. The number of nitro benzene ring substituents is 1. The molecule has 0 aromatic heterocycles. The van der Waals surface area contributed by atoms with Gasteiger partial charge in [0.15, 0.2) is 9.02 Å². The van der Waals surface area contributed by atoms with Crippen LogP contribution in [0.1, 0.15) is 31.1 Å². The van der Waals surface area contributed by atoms with Crippen molar-refractivity contribution in [3.8, 4) is 0 Å². The Balaban J connectivity index is 2.51. The molecule has 0 aliphatic heterocycles. The number of amides is 1. The van der Waals surface area contributed by atoms with Crippen molar-refractivity contribution in [2.75, 3.05) is 0 Å². The maximum Gasteiger partial charge on any atom is 0.277 e. The molecular weight excluding hydrogens is 536 g/mol. The second-order valence-corrected chi connectivity index (χ2v) is 11.3. The summed E-state index contributed by atoms with van der Waals surface area (Å²) in [5.41, 5.74) is 1.02. The lowest BCUT2D eigenvalue weighted by Crippen LogP contribution is -2.53. The minimum Gasteiger partial charge on any atom is -0.292 e. The van der Waals surface area contributed by atoms with Gasteiger partial charge in [-0.25, -0.2) is 4.99 Å². The zero-order chi connectivity index (χ0) is 19.9. The maximum atomic E-state index is 12.7. The number of alkyl halides is 3. The molecule has 0 saturated carbocycles. The van der Waals surface area contributed by atoms with Crippen LogP contribution in [0, 0.1) is 16.0 Å². The number of hydrogen-bond donors (Lipinski definition) is 0. The second-order valence-electron chi connectivity index (χ2n) is 6.27. The standard InChI is InChI=1S/C17H15Br3N2O4/c1-9(2)12-8-13(16(3,18)17(19,20)14(12)23)21-15(24)10-4-6-11(7-5-10)22(25)26/h4-9H,1-3H3. The molecule has 2 rings (SSSR count). The van der Waals surface area contributed by atoms with Gasteiger partial charge in [0, 0.05) is 23.3 Å². The number of nitrogens with zero attached hydrogens (tertiary/aromatic N) is 2. The van der Waals surface area contributed by atoms with Crippen molar-refractivity contribution < 1.29 is 14.5 Å². The molecule has 1 aromatic rings. The molecule has 9 heteroatoms. The Hall–Kier alpha value is -1.19. The van der Waals surface area contributed by atoms with Crippen molar-refractivity contribution in [3.05, 3.63) is 51.6 Å². The molecule has 0 N–H and O–H groups in total. The lowest BCUT2D eigenvalue weighted by molar-refractivity contribution is -0.384. The number of carbonyl (C=O) groups excluding carboxylic acids is 2. The van der Waals surface area contributed by atoms with Crippen LogP contribution in [0.4, 0.5) is 5.69 Å². The third kappa shape index (κ3) is 3.75. The van der Waals surface area contributed by atoms with E-state index in [4.69, 9.17) is 0 Å². The van der Waals surface area contributed by atoms with Crippen LogP contribution in [0.5, 0.6) is 0 Å². The van der Waals surface area contributed by atoms with Gasteiger partial charge < -0.3 is 0 Å². The first-order valence-electron chi connectivity index (χ1n) is 7.60. The number of non-ortho nitro benzene ring substituents is 1. The van der Waals surface area contributed by atoms with E-state index >= 15 is 0 Å². The first kappa shape index (κ1) is 21.1. The molecule has 0 fully saturated rings. The van der Waals surface area contributed by atoms with Crippen LogP contribution in [-0.2, 0) is 4.79 Å². The SMILES string of the molecule is CC(C)C1=CC(=NC(=O)c2ccc([N+](=O)[O-])cc2)C(C)(Br)C(Br)(Br)C1=O. The summed E-state index contributed by atoms with van der Waals surface area (Å²) >= 11 is 10.3. The average Bonchev–Trinajstić information content (AvgIpc) is 2.55. The van der Waals surface area contributed by atoms with Crippen LogP contribution in [0.3, 0.4) is 0 Å². The number of nitro groups is 1. The van der Waals surface area contributed by atoms with Gasteiger partial charge in [0.05, 0.1) is 15.0 Å². The summed E-state index contributed by atoms with van der Waals surface area (Å²) < 4.78 is -2.14. The average molecular weight is 551 g/mol. The Kier molecular flexibility index (Phi) is 6.04. The molecule has 0 radical (unpaired) electrons. The smallest absolute Gasteiger partial charge is 0.277 e. The van der Waals surface area contributed by atoms with Crippen molar-refractivity contribution in [1.29, 1.82) is 0 Å². The van der Waals surface area contributed by atoms with Crippen molar-refractivity contribution in [2.24, 2.45) is 10.9 Å². The number of hydrogen-bond acceptors (Lipinski definition) is 4. The number of allylic oxidation sites excluding steroid dienone is 2. The fourth-order valence-corrected chi connectivity index (χ4v) is 3.62. The van der Waals surface area contributed by atoms with Gasteiger partial charge in [-0.1, -0.05) is 61.6 Å². The van der Waals surface area contributed by atoms with Crippen LogP contribution in [0.15, 0.2) is 40.9 Å². The predicted molar refractivity (Wildman–Crippen MR) is 111 cm³/mol. The number of Topliss-reactive ketones (excluding diaryl/α,β-unsaturated/α-hetero) is 1. The van der Waals surface area contributed by atoms with Gasteiger partial charge in [-0.05, 0) is 31.1 Å². The van der Waals surface area contributed by atoms with Gasteiger partial charge in [-0.2, -0.15) is 0 Å². The summed E-state index contributed by atoms with van der Waals surface area (Å²) in [7, 11) is 0. The first-order chi connectivity index (χ1) is 11.9. The largest absolute Gasteiger partial charge is 0.292 e. The molecule has 0 bridgehead atoms. The van der Waals surface area contributed by atoms with Crippen molar-refractivity contribution in [3.63, 3.8) is 0 Å². The third-order valence-corrected chi connectivity index (χ3v) is 8.45. The Morgan fingerprint density at radius 1 is 1.19 bits per heavy atom. The molecule has 26 heavy (non-hydrogen) atoms. The van der Waals surface area contributed by atoms with E-state index in [9.17, 15) is 19.7 Å². The molecule has 138 valence electrons. The minimum absolute atomic E-state index is 0.0553. The Labute approximate surface area is 175 Å². The summed E-state index contributed by atoms with van der Waals surface area (Å²) in [4.78, 5) is 39.6. The van der Waals surface area contributed by atoms with Crippen LogP contribution in [0.2, 0.25) is 0 Å². The highest BCUT2D eigenvalue weighted by molar-refractivity contribution is 9.26. The Morgan fingerprint density at radius 3 is 2.19 bits per heavy atom. The molecule has 1 atom stereocenters. The fourth-order valence-electron chi connectivity index (χ4n) is 2.37. The van der Waals surface area contributed by atoms with Gasteiger partial charge in [0.1, 0.15) is 0 Å². The summed E-state index contributed by atoms with van der Waals surface area (Å²) in [6.45, 7) is 5.49. The molecule has 0 spiro atoms. The number of rotatable bonds is 3. The molecule has 1 aliphatic carbocycles. The quantitative estimate of drug-likeness (QED) is 0.301. The van der Waals surface area contributed by atoms with Crippen molar-refractivity contribution in [1.82, 2.24) is 0 Å². The van der Waals surface area contributed by atoms with Crippen LogP contribution in [0.25, 0.3) is 0 Å². The summed E-state index contributed by atoms with van der Waals surface area (Å²) in [5.74, 6) is -0.751. The van der Waals surface area contributed by atoms with Crippen LogP contribution >= 0.6 is 47.8 Å². The first-order valence-corrected chi connectivity index (χ1v) is 9.98. The summed E-state index contributed by atoms with van der Waals surface area (Å²) in [6, 6.07) is 5.21. The van der Waals surface area contributed by atoms with Crippen LogP contribution in [-0.4, -0.2) is 29.9 Å². The second kappa shape index (κ2) is 7.44. The topological polar surface area (TPSA) is 89.6 Å². The molecular formula is C17H15Br3N2O4. The van der Waals surface area contributed by atoms with Crippen molar-refractivity contribution >= 4 is 70.9 Å². The third-order valence-electron chi connectivity index (χ3n) is 4.08. The van der Waals surface area contributed by atoms with Gasteiger partial charge in [-0.3, -0.25) is 19.7 Å². The number of benzene rings is 1. The Bertz CT molecular complexity index is 840. The van der Waals surface area contributed by atoms with E-state index in [1.807, 2.05) is 13.8 Å². The maximum absolute atomic E-state index is 12.7. The van der Waals surface area contributed by atoms with E-state index in [0.29, 0.717) is 11.3 Å². The van der Waals surface area contributed by atoms with Crippen molar-refractivity contribution in [2.45, 2.75) is 28.3 Å². The lowest BCUT2D eigenvalue weighted by atomic mass is 9.83. The normalized spacial score (nSPS) is 23.9. The zero-order valence-electron chi connectivity index (χ0n) is 14.1.